The molecule has 2 heterocycles. The minimum absolute atomic E-state index is 0.634. The number of nitrogens with zero attached hydrogens (tertiary/aromatic N) is 2. The highest BCUT2D eigenvalue weighted by Gasteiger charge is 2.37. The maximum absolute atomic E-state index is 5.63. The molecule has 2 rings (SSSR count). The van der Waals surface area contributed by atoms with E-state index >= 15 is 0 Å². The SMILES string of the molecule is CCN1C2COCC1CN(C(C)C)C2. The molecule has 0 saturated carbocycles. The minimum atomic E-state index is 0.634. The number of fused-ring (bicyclic) bond motifs is 2. The Morgan fingerprint density at radius 1 is 1.21 bits per heavy atom. The lowest BCUT2D eigenvalue weighted by atomic mass is 10.0. The van der Waals surface area contributed by atoms with Crippen LogP contribution in [-0.4, -0.2) is 60.8 Å². The van der Waals surface area contributed by atoms with Gasteiger partial charge in [0.1, 0.15) is 0 Å². The van der Waals surface area contributed by atoms with E-state index in [0.29, 0.717) is 18.1 Å². The summed E-state index contributed by atoms with van der Waals surface area (Å²) < 4.78 is 5.63. The summed E-state index contributed by atoms with van der Waals surface area (Å²) in [6.07, 6.45) is 0. The van der Waals surface area contributed by atoms with Crippen LogP contribution in [0.4, 0.5) is 0 Å². The van der Waals surface area contributed by atoms with Crippen molar-refractivity contribution in [2.45, 2.75) is 38.9 Å². The van der Waals surface area contributed by atoms with Gasteiger partial charge in [0.25, 0.3) is 0 Å². The number of rotatable bonds is 2. The van der Waals surface area contributed by atoms with Gasteiger partial charge in [-0.1, -0.05) is 6.92 Å². The van der Waals surface area contributed by atoms with Gasteiger partial charge in [-0.25, -0.2) is 0 Å². The van der Waals surface area contributed by atoms with Crippen molar-refractivity contribution in [1.29, 1.82) is 0 Å². The van der Waals surface area contributed by atoms with Gasteiger partial charge in [0.05, 0.1) is 13.2 Å². The number of morpholine rings is 1. The Morgan fingerprint density at radius 2 is 1.79 bits per heavy atom. The summed E-state index contributed by atoms with van der Waals surface area (Å²) in [4.78, 5) is 5.20. The molecule has 0 N–H and O–H groups in total. The molecule has 0 amide bonds. The van der Waals surface area contributed by atoms with Crippen LogP contribution in [0, 0.1) is 0 Å². The van der Waals surface area contributed by atoms with Crippen molar-refractivity contribution in [2.75, 3.05) is 32.8 Å². The van der Waals surface area contributed by atoms with Crippen molar-refractivity contribution >= 4 is 0 Å². The van der Waals surface area contributed by atoms with Crippen LogP contribution in [0.3, 0.4) is 0 Å². The third-order valence-corrected chi connectivity index (χ3v) is 3.54. The number of piperazine rings is 1. The standard InChI is InChI=1S/C11H22N2O/c1-4-13-10-5-12(9(2)3)6-11(13)8-14-7-10/h9-11H,4-8H2,1-3H3. The average Bonchev–Trinajstić information content (AvgIpc) is 2.15. The zero-order valence-corrected chi connectivity index (χ0v) is 9.57. The van der Waals surface area contributed by atoms with Crippen LogP contribution in [-0.2, 0) is 4.74 Å². The lowest BCUT2D eigenvalue weighted by Gasteiger charge is -2.50. The Hall–Kier alpha value is -0.120. The largest absolute Gasteiger partial charge is 0.378 e. The van der Waals surface area contributed by atoms with Crippen LogP contribution in [0.25, 0.3) is 0 Å². The Bertz CT molecular complexity index is 182. The van der Waals surface area contributed by atoms with E-state index in [4.69, 9.17) is 4.74 Å². The summed E-state index contributed by atoms with van der Waals surface area (Å²) in [6, 6.07) is 1.95. The first-order chi connectivity index (χ1) is 6.72. The summed E-state index contributed by atoms with van der Waals surface area (Å²) in [7, 11) is 0. The molecular weight excluding hydrogens is 176 g/mol. The van der Waals surface area contributed by atoms with Gasteiger partial charge in [0.2, 0.25) is 0 Å². The van der Waals surface area contributed by atoms with Crippen molar-refractivity contribution in [3.63, 3.8) is 0 Å². The molecule has 2 atom stereocenters. The molecule has 3 heteroatoms. The fraction of sp³-hybridized carbons (Fsp3) is 1.00. The van der Waals surface area contributed by atoms with Crippen LogP contribution < -0.4 is 0 Å². The molecule has 0 spiro atoms. The van der Waals surface area contributed by atoms with Crippen LogP contribution >= 0.6 is 0 Å². The first-order valence-corrected chi connectivity index (χ1v) is 5.80. The smallest absolute Gasteiger partial charge is 0.0635 e. The first kappa shape index (κ1) is 10.4. The van der Waals surface area contributed by atoms with Crippen LogP contribution in [0.15, 0.2) is 0 Å². The Morgan fingerprint density at radius 3 is 2.21 bits per heavy atom. The fourth-order valence-electron chi connectivity index (χ4n) is 2.70. The van der Waals surface area contributed by atoms with Crippen molar-refractivity contribution in [2.24, 2.45) is 0 Å². The van der Waals surface area contributed by atoms with Crippen molar-refractivity contribution in [1.82, 2.24) is 9.80 Å². The van der Waals surface area contributed by atoms with Crippen molar-refractivity contribution < 1.29 is 4.74 Å². The van der Waals surface area contributed by atoms with Crippen molar-refractivity contribution in [3.05, 3.63) is 0 Å². The van der Waals surface area contributed by atoms with Gasteiger partial charge in [0.15, 0.2) is 0 Å². The summed E-state index contributed by atoms with van der Waals surface area (Å²) in [5.74, 6) is 0. The Kier molecular flexibility index (Phi) is 3.10. The molecule has 0 radical (unpaired) electrons. The summed E-state index contributed by atoms with van der Waals surface area (Å²) in [6.45, 7) is 12.2. The fourth-order valence-corrected chi connectivity index (χ4v) is 2.70. The molecule has 0 aromatic rings. The summed E-state index contributed by atoms with van der Waals surface area (Å²) in [5, 5.41) is 0. The zero-order valence-electron chi connectivity index (χ0n) is 9.57. The van der Waals surface area contributed by atoms with E-state index in [1.807, 2.05) is 0 Å². The van der Waals surface area contributed by atoms with Gasteiger partial charge in [-0.05, 0) is 20.4 Å². The van der Waals surface area contributed by atoms with E-state index in [-0.39, 0.29) is 0 Å². The predicted molar refractivity (Wildman–Crippen MR) is 57.5 cm³/mol. The quantitative estimate of drug-likeness (QED) is 0.653. The van der Waals surface area contributed by atoms with Gasteiger partial charge in [0, 0.05) is 31.2 Å². The van der Waals surface area contributed by atoms with Crippen LogP contribution in [0.2, 0.25) is 0 Å². The molecule has 2 unspecified atom stereocenters. The van der Waals surface area contributed by atoms with E-state index in [0.717, 1.165) is 13.2 Å². The van der Waals surface area contributed by atoms with Crippen molar-refractivity contribution in [3.8, 4) is 0 Å². The number of likely N-dealkylation sites (N-methyl/N-ethyl adjacent to an activating group) is 1. The zero-order chi connectivity index (χ0) is 10.1. The molecular formula is C11H22N2O. The second kappa shape index (κ2) is 4.17. The first-order valence-electron chi connectivity index (χ1n) is 5.80. The van der Waals surface area contributed by atoms with E-state index in [2.05, 4.69) is 30.6 Å². The molecule has 3 nitrogen and oxygen atoms in total. The van der Waals surface area contributed by atoms with Gasteiger partial charge in [-0.3, -0.25) is 9.80 Å². The van der Waals surface area contributed by atoms with Gasteiger partial charge in [-0.2, -0.15) is 0 Å². The molecule has 82 valence electrons. The second-order valence-corrected chi connectivity index (χ2v) is 4.72. The third kappa shape index (κ3) is 1.81. The maximum Gasteiger partial charge on any atom is 0.0635 e. The molecule has 0 aromatic carbocycles. The topological polar surface area (TPSA) is 15.7 Å². The molecule has 2 saturated heterocycles. The number of hydrogen-bond donors (Lipinski definition) is 0. The molecule has 2 aliphatic heterocycles. The van der Waals surface area contributed by atoms with E-state index < -0.39 is 0 Å². The lowest BCUT2D eigenvalue weighted by Crippen LogP contribution is -2.65. The van der Waals surface area contributed by atoms with Crippen LogP contribution in [0.1, 0.15) is 20.8 Å². The monoisotopic (exact) mass is 198 g/mol. The molecule has 0 aromatic heterocycles. The highest BCUT2D eigenvalue weighted by atomic mass is 16.5. The number of hydrogen-bond acceptors (Lipinski definition) is 3. The molecule has 0 aliphatic carbocycles. The predicted octanol–water partition coefficient (Wildman–Crippen LogP) is 0.800. The second-order valence-electron chi connectivity index (χ2n) is 4.72. The lowest BCUT2D eigenvalue weighted by molar-refractivity contribution is -0.100. The molecule has 14 heavy (non-hydrogen) atoms. The molecule has 2 bridgehead atoms. The van der Waals surface area contributed by atoms with E-state index in [1.165, 1.54) is 19.6 Å². The third-order valence-electron chi connectivity index (χ3n) is 3.54. The summed E-state index contributed by atoms with van der Waals surface area (Å²) in [5.41, 5.74) is 0. The van der Waals surface area contributed by atoms with Crippen LogP contribution in [0.5, 0.6) is 0 Å². The highest BCUT2D eigenvalue weighted by molar-refractivity contribution is 4.92. The normalized spacial score (nSPS) is 35.1. The Balaban J connectivity index is 2.04. The minimum Gasteiger partial charge on any atom is -0.378 e. The Labute approximate surface area is 87.0 Å². The average molecular weight is 198 g/mol. The number of ether oxygens (including phenoxy) is 1. The van der Waals surface area contributed by atoms with Gasteiger partial charge < -0.3 is 4.74 Å². The molecule has 2 fully saturated rings. The van der Waals surface area contributed by atoms with E-state index in [9.17, 15) is 0 Å². The molecule has 2 aliphatic rings. The highest BCUT2D eigenvalue weighted by Crippen LogP contribution is 2.21. The van der Waals surface area contributed by atoms with Gasteiger partial charge in [-0.15, -0.1) is 0 Å². The van der Waals surface area contributed by atoms with E-state index in [1.54, 1.807) is 0 Å². The maximum atomic E-state index is 5.63. The summed E-state index contributed by atoms with van der Waals surface area (Å²) >= 11 is 0. The van der Waals surface area contributed by atoms with Gasteiger partial charge >= 0.3 is 0 Å².